The molecule has 4 aromatic carbocycles. The highest BCUT2D eigenvalue weighted by molar-refractivity contribution is 6.36. The molecule has 5 rings (SSSR count). The summed E-state index contributed by atoms with van der Waals surface area (Å²) in [5.74, 6) is 0.542. The number of benzene rings is 4. The molecule has 5 aromatic rings. The number of carbonyl (C=O) groups excluding carboxylic acids is 1. The molecule has 44 heavy (non-hydrogen) atoms. The van der Waals surface area contributed by atoms with Crippen LogP contribution >= 0.6 is 23.2 Å². The minimum atomic E-state index is -0.810. The Morgan fingerprint density at radius 2 is 1.64 bits per heavy atom. The Kier molecular flexibility index (Phi) is 10.5. The maximum absolute atomic E-state index is 12.4. The number of aromatic nitrogens is 1. The van der Waals surface area contributed by atoms with Gasteiger partial charge in [-0.2, -0.15) is 0 Å². The monoisotopic (exact) mass is 630 g/mol. The van der Waals surface area contributed by atoms with Crippen molar-refractivity contribution in [2.24, 2.45) is 0 Å². The van der Waals surface area contributed by atoms with Crippen molar-refractivity contribution in [3.8, 4) is 5.75 Å². The van der Waals surface area contributed by atoms with E-state index in [0.29, 0.717) is 64.2 Å². The van der Waals surface area contributed by atoms with Crippen LogP contribution in [0.1, 0.15) is 28.4 Å². The summed E-state index contributed by atoms with van der Waals surface area (Å²) < 4.78 is 6.01. The molecule has 0 fully saturated rings. The number of aromatic amines is 1. The van der Waals surface area contributed by atoms with Gasteiger partial charge in [0.05, 0.1) is 11.6 Å². The number of halogens is 2. The van der Waals surface area contributed by atoms with Crippen molar-refractivity contribution in [3.05, 3.63) is 140 Å². The van der Waals surface area contributed by atoms with Gasteiger partial charge >= 0.3 is 6.03 Å². The number of hydrogen-bond donors (Lipinski definition) is 5. The molecule has 0 saturated heterocycles. The minimum absolute atomic E-state index is 0.199. The third-order valence-electron chi connectivity index (χ3n) is 7.09. The van der Waals surface area contributed by atoms with E-state index >= 15 is 0 Å². The highest BCUT2D eigenvalue weighted by atomic mass is 35.5. The summed E-state index contributed by atoms with van der Waals surface area (Å²) in [5.41, 5.74) is 4.32. The van der Waals surface area contributed by atoms with Gasteiger partial charge in [0.2, 0.25) is 5.56 Å². The predicted octanol–water partition coefficient (Wildman–Crippen LogP) is 6.60. The standard InChI is InChI=1S/C34H32Cl2N4O4/c35-28-10-5-11-29(36)27(28)19-38-34(43)39-24-9-4-8-22(18-24)16-17-37-20-30(41)25-12-14-31(33-26(25)13-15-32(42)40-33)44-21-23-6-2-1-3-7-23/h1-15,18,30,37,41H,16-17,19-21H2,(H,40,42)(H2,38,39,43)/t30-/m0/s1. The number of aliphatic hydroxyl groups is 1. The smallest absolute Gasteiger partial charge is 0.319 e. The Hall–Kier alpha value is -4.34. The molecule has 10 heteroatoms. The Balaban J connectivity index is 1.14. The molecule has 8 nitrogen and oxygen atoms in total. The molecule has 1 atom stereocenters. The second-order valence-electron chi connectivity index (χ2n) is 10.2. The summed E-state index contributed by atoms with van der Waals surface area (Å²) in [6.07, 6.45) is -0.130. The van der Waals surface area contributed by atoms with Gasteiger partial charge in [-0.25, -0.2) is 4.79 Å². The van der Waals surface area contributed by atoms with Gasteiger partial charge in [-0.15, -0.1) is 0 Å². The first kappa shape index (κ1) is 31.1. The van der Waals surface area contributed by atoms with Crippen LogP contribution in [0.25, 0.3) is 10.9 Å². The number of rotatable bonds is 12. The number of urea groups is 1. The van der Waals surface area contributed by atoms with Crippen molar-refractivity contribution in [3.63, 3.8) is 0 Å². The third-order valence-corrected chi connectivity index (χ3v) is 7.80. The van der Waals surface area contributed by atoms with Gasteiger partial charge < -0.3 is 30.8 Å². The van der Waals surface area contributed by atoms with Crippen LogP contribution < -0.4 is 26.2 Å². The Morgan fingerprint density at radius 1 is 0.886 bits per heavy atom. The van der Waals surface area contributed by atoms with E-state index in [0.717, 1.165) is 16.5 Å². The molecular weight excluding hydrogens is 599 g/mol. The van der Waals surface area contributed by atoms with Crippen LogP contribution in [-0.4, -0.2) is 29.2 Å². The number of H-pyrrole nitrogens is 1. The zero-order valence-corrected chi connectivity index (χ0v) is 25.3. The lowest BCUT2D eigenvalue weighted by molar-refractivity contribution is 0.176. The first-order valence-corrected chi connectivity index (χ1v) is 14.9. The van der Waals surface area contributed by atoms with E-state index in [1.54, 1.807) is 30.3 Å². The van der Waals surface area contributed by atoms with Crippen LogP contribution in [0.4, 0.5) is 10.5 Å². The van der Waals surface area contributed by atoms with Gasteiger partial charge in [-0.3, -0.25) is 4.79 Å². The molecule has 2 amide bonds. The molecule has 0 bridgehead atoms. The van der Waals surface area contributed by atoms with Gasteiger partial charge in [-0.05, 0) is 66.1 Å². The maximum atomic E-state index is 12.4. The summed E-state index contributed by atoms with van der Waals surface area (Å²) in [4.78, 5) is 27.4. The van der Waals surface area contributed by atoms with Crippen molar-refractivity contribution in [1.82, 2.24) is 15.6 Å². The lowest BCUT2D eigenvalue weighted by atomic mass is 10.0. The number of anilines is 1. The predicted molar refractivity (Wildman–Crippen MR) is 176 cm³/mol. The second-order valence-corrected chi connectivity index (χ2v) is 11.0. The summed E-state index contributed by atoms with van der Waals surface area (Å²) in [5, 5.41) is 21.6. The number of carbonyl (C=O) groups is 1. The first-order chi connectivity index (χ1) is 21.4. The lowest BCUT2D eigenvalue weighted by Gasteiger charge is -2.17. The summed E-state index contributed by atoms with van der Waals surface area (Å²) >= 11 is 12.4. The normalized spacial score (nSPS) is 11.7. The Morgan fingerprint density at radius 3 is 2.43 bits per heavy atom. The van der Waals surface area contributed by atoms with E-state index in [-0.39, 0.29) is 18.1 Å². The fraction of sp³-hybridized carbons (Fsp3) is 0.176. The van der Waals surface area contributed by atoms with Crippen LogP contribution in [0, 0.1) is 0 Å². The highest BCUT2D eigenvalue weighted by Crippen LogP contribution is 2.30. The van der Waals surface area contributed by atoms with Gasteiger partial charge in [0.15, 0.2) is 0 Å². The fourth-order valence-corrected chi connectivity index (χ4v) is 5.36. The second kappa shape index (κ2) is 14.9. The quantitative estimate of drug-likeness (QED) is 0.0996. The molecule has 226 valence electrons. The van der Waals surface area contributed by atoms with E-state index in [1.807, 2.05) is 60.7 Å². The number of hydrogen-bond acceptors (Lipinski definition) is 5. The van der Waals surface area contributed by atoms with Gasteiger partial charge in [0, 0.05) is 45.8 Å². The zero-order chi connectivity index (χ0) is 30.9. The van der Waals surface area contributed by atoms with E-state index in [1.165, 1.54) is 6.07 Å². The van der Waals surface area contributed by atoms with Crippen LogP contribution in [0.2, 0.25) is 10.0 Å². The fourth-order valence-electron chi connectivity index (χ4n) is 4.83. The minimum Gasteiger partial charge on any atom is -0.487 e. The van der Waals surface area contributed by atoms with E-state index < -0.39 is 6.10 Å². The number of aliphatic hydroxyl groups excluding tert-OH is 1. The summed E-state index contributed by atoms with van der Waals surface area (Å²) in [6, 6.07) is 28.9. The molecular formula is C34H32Cl2N4O4. The Labute approximate surface area is 265 Å². The topological polar surface area (TPSA) is 115 Å². The highest BCUT2D eigenvalue weighted by Gasteiger charge is 2.15. The van der Waals surface area contributed by atoms with Gasteiger partial charge in [-0.1, -0.05) is 77.8 Å². The molecule has 0 unspecified atom stereocenters. The maximum Gasteiger partial charge on any atom is 0.319 e. The van der Waals surface area contributed by atoms with Crippen molar-refractivity contribution in [2.75, 3.05) is 18.4 Å². The van der Waals surface area contributed by atoms with E-state index in [4.69, 9.17) is 27.9 Å². The first-order valence-electron chi connectivity index (χ1n) is 14.2. The van der Waals surface area contributed by atoms with Crippen molar-refractivity contribution in [2.45, 2.75) is 25.7 Å². The van der Waals surface area contributed by atoms with Crippen LogP contribution in [-0.2, 0) is 19.6 Å². The van der Waals surface area contributed by atoms with Crippen LogP contribution in [0.5, 0.6) is 5.75 Å². The molecule has 0 radical (unpaired) electrons. The summed E-state index contributed by atoms with van der Waals surface area (Å²) in [7, 11) is 0. The number of amides is 2. The molecule has 1 aromatic heterocycles. The average Bonchev–Trinajstić information content (AvgIpc) is 3.02. The van der Waals surface area contributed by atoms with Crippen molar-refractivity contribution < 1.29 is 14.6 Å². The van der Waals surface area contributed by atoms with Crippen LogP contribution in [0.15, 0.2) is 102 Å². The molecule has 0 aliphatic rings. The number of fused-ring (bicyclic) bond motifs is 1. The number of ether oxygens (including phenoxy) is 1. The lowest BCUT2D eigenvalue weighted by Crippen LogP contribution is -2.28. The molecule has 0 aliphatic carbocycles. The van der Waals surface area contributed by atoms with Gasteiger partial charge in [0.25, 0.3) is 0 Å². The molecule has 1 heterocycles. The largest absolute Gasteiger partial charge is 0.487 e. The van der Waals surface area contributed by atoms with Crippen molar-refractivity contribution in [1.29, 1.82) is 0 Å². The summed E-state index contributed by atoms with van der Waals surface area (Å²) in [6.45, 7) is 1.47. The average molecular weight is 632 g/mol. The molecule has 0 aliphatic heterocycles. The third kappa shape index (κ3) is 8.18. The molecule has 0 saturated carbocycles. The van der Waals surface area contributed by atoms with E-state index in [9.17, 15) is 14.7 Å². The number of nitrogens with one attached hydrogen (secondary N) is 4. The zero-order valence-electron chi connectivity index (χ0n) is 23.8. The van der Waals surface area contributed by atoms with E-state index in [2.05, 4.69) is 20.9 Å². The SMILES string of the molecule is O=C(NCc1c(Cl)cccc1Cl)Nc1cccc(CCNC[C@H](O)c2ccc(OCc3ccccc3)c3[nH]c(=O)ccc23)c1. The van der Waals surface area contributed by atoms with Gasteiger partial charge in [0.1, 0.15) is 12.4 Å². The van der Waals surface area contributed by atoms with Crippen LogP contribution in [0.3, 0.4) is 0 Å². The molecule has 0 spiro atoms. The van der Waals surface area contributed by atoms with Crippen molar-refractivity contribution >= 4 is 45.8 Å². The molecule has 5 N–H and O–H groups in total. The number of pyridine rings is 1. The Bertz CT molecular complexity index is 1780.